The number of oxazole rings is 1. The van der Waals surface area contributed by atoms with E-state index < -0.39 is 11.9 Å². The molecule has 7 nitrogen and oxygen atoms in total. The summed E-state index contributed by atoms with van der Waals surface area (Å²) >= 11 is 0. The molecule has 3 aromatic rings. The lowest BCUT2D eigenvalue weighted by Gasteiger charge is -2.39. The molecule has 0 aliphatic carbocycles. The van der Waals surface area contributed by atoms with Gasteiger partial charge in [-0.15, -0.1) is 0 Å². The Bertz CT molecular complexity index is 1070. The summed E-state index contributed by atoms with van der Waals surface area (Å²) in [5.74, 6) is -0.551. The van der Waals surface area contributed by atoms with Crippen LogP contribution in [-0.4, -0.2) is 40.8 Å². The molecular formula is C23H24N4O3. The Labute approximate surface area is 174 Å². The first-order valence-electron chi connectivity index (χ1n) is 10.4. The number of primary amides is 1. The van der Waals surface area contributed by atoms with Crippen LogP contribution in [0.3, 0.4) is 0 Å². The summed E-state index contributed by atoms with van der Waals surface area (Å²) in [4.78, 5) is 33.7. The molecule has 2 aromatic carbocycles. The SMILES string of the molecule is NC(=O)[C@H]1Cc2ccccc2CN1C(=O)C1CCN(c2nc3ccccc3o2)CC1. The summed E-state index contributed by atoms with van der Waals surface area (Å²) in [6.07, 6.45) is 1.88. The van der Waals surface area contributed by atoms with Crippen molar-refractivity contribution < 1.29 is 14.0 Å². The third kappa shape index (κ3) is 3.30. The van der Waals surface area contributed by atoms with Crippen LogP contribution in [-0.2, 0) is 22.6 Å². The Hall–Kier alpha value is -3.35. The number of carbonyl (C=O) groups is 2. The van der Waals surface area contributed by atoms with Crippen molar-refractivity contribution in [1.82, 2.24) is 9.88 Å². The standard InChI is InChI=1S/C23H24N4O3/c24-21(28)19-13-16-5-1-2-6-17(16)14-27(19)22(29)15-9-11-26(12-10-15)23-25-18-7-3-4-8-20(18)30-23/h1-8,15,19H,9-14H2,(H2,24,28)/t19-/m1/s1. The second kappa shape index (κ2) is 7.48. The quantitative estimate of drug-likeness (QED) is 0.724. The van der Waals surface area contributed by atoms with Gasteiger partial charge in [-0.3, -0.25) is 9.59 Å². The first kappa shape index (κ1) is 18.7. The summed E-state index contributed by atoms with van der Waals surface area (Å²) in [6, 6.07) is 15.7. The van der Waals surface area contributed by atoms with Crippen molar-refractivity contribution in [1.29, 1.82) is 0 Å². The Morgan fingerprint density at radius 2 is 1.70 bits per heavy atom. The normalized spacial score (nSPS) is 19.7. The highest BCUT2D eigenvalue weighted by atomic mass is 16.4. The molecule has 1 fully saturated rings. The number of amides is 2. The fourth-order valence-corrected chi connectivity index (χ4v) is 4.56. The topological polar surface area (TPSA) is 92.7 Å². The maximum Gasteiger partial charge on any atom is 0.298 e. The zero-order valence-corrected chi connectivity index (χ0v) is 16.7. The summed E-state index contributed by atoms with van der Waals surface area (Å²) in [5, 5.41) is 0. The third-order valence-corrected chi connectivity index (χ3v) is 6.26. The zero-order chi connectivity index (χ0) is 20.7. The van der Waals surface area contributed by atoms with E-state index in [2.05, 4.69) is 9.88 Å². The first-order valence-corrected chi connectivity index (χ1v) is 10.4. The maximum atomic E-state index is 13.3. The molecule has 2 aliphatic heterocycles. The molecule has 2 aliphatic rings. The van der Waals surface area contributed by atoms with Gasteiger partial charge in [0.05, 0.1) is 0 Å². The van der Waals surface area contributed by atoms with Crippen LogP contribution in [0.5, 0.6) is 0 Å². The molecule has 7 heteroatoms. The van der Waals surface area contributed by atoms with Gasteiger partial charge in [0, 0.05) is 32.0 Å². The van der Waals surface area contributed by atoms with E-state index in [1.54, 1.807) is 4.90 Å². The van der Waals surface area contributed by atoms with E-state index in [1.807, 2.05) is 48.5 Å². The molecule has 2 amide bonds. The van der Waals surface area contributed by atoms with Crippen LogP contribution in [0.1, 0.15) is 24.0 Å². The number of aromatic nitrogens is 1. The average Bonchev–Trinajstić information content (AvgIpc) is 3.22. The number of hydrogen-bond donors (Lipinski definition) is 1. The number of piperidine rings is 1. The molecule has 1 saturated heterocycles. The van der Waals surface area contributed by atoms with Crippen molar-refractivity contribution >= 4 is 28.9 Å². The molecule has 0 bridgehead atoms. The van der Waals surface area contributed by atoms with Gasteiger partial charge in [0.25, 0.3) is 6.01 Å². The Morgan fingerprint density at radius 3 is 2.43 bits per heavy atom. The van der Waals surface area contributed by atoms with Crippen molar-refractivity contribution in [3.05, 3.63) is 59.7 Å². The number of nitrogens with zero attached hydrogens (tertiary/aromatic N) is 3. The monoisotopic (exact) mass is 404 g/mol. The minimum absolute atomic E-state index is 0.0190. The minimum Gasteiger partial charge on any atom is -0.423 e. The van der Waals surface area contributed by atoms with Crippen LogP contribution < -0.4 is 10.6 Å². The first-order chi connectivity index (χ1) is 14.6. The van der Waals surface area contributed by atoms with Crippen LogP contribution in [0.15, 0.2) is 52.9 Å². The molecule has 154 valence electrons. The van der Waals surface area contributed by atoms with Gasteiger partial charge >= 0.3 is 0 Å². The maximum absolute atomic E-state index is 13.3. The number of carbonyl (C=O) groups excluding carboxylic acids is 2. The van der Waals surface area contributed by atoms with Crippen molar-refractivity contribution in [2.45, 2.75) is 31.8 Å². The second-order valence-electron chi connectivity index (χ2n) is 8.08. The number of nitrogens with two attached hydrogens (primary N) is 1. The van der Waals surface area contributed by atoms with Crippen LogP contribution in [0.25, 0.3) is 11.1 Å². The minimum atomic E-state index is -0.581. The van der Waals surface area contributed by atoms with Gasteiger partial charge in [0.1, 0.15) is 11.6 Å². The van der Waals surface area contributed by atoms with Crippen molar-refractivity contribution in [2.24, 2.45) is 11.7 Å². The van der Waals surface area contributed by atoms with Crippen molar-refractivity contribution in [3.63, 3.8) is 0 Å². The number of para-hydroxylation sites is 2. The average molecular weight is 404 g/mol. The second-order valence-corrected chi connectivity index (χ2v) is 8.08. The number of benzene rings is 2. The van der Waals surface area contributed by atoms with E-state index >= 15 is 0 Å². The molecule has 5 rings (SSSR count). The van der Waals surface area contributed by atoms with Crippen LogP contribution >= 0.6 is 0 Å². The number of hydrogen-bond acceptors (Lipinski definition) is 5. The van der Waals surface area contributed by atoms with Crippen molar-refractivity contribution in [3.8, 4) is 0 Å². The highest BCUT2D eigenvalue weighted by molar-refractivity contribution is 5.88. The van der Waals surface area contributed by atoms with Crippen LogP contribution in [0.2, 0.25) is 0 Å². The molecule has 0 spiro atoms. The summed E-state index contributed by atoms with van der Waals surface area (Å²) < 4.78 is 5.87. The number of fused-ring (bicyclic) bond motifs is 2. The number of rotatable bonds is 3. The van der Waals surface area contributed by atoms with Gasteiger partial charge in [-0.2, -0.15) is 4.98 Å². The molecule has 1 atom stereocenters. The van der Waals surface area contributed by atoms with Gasteiger partial charge in [0.2, 0.25) is 11.8 Å². The third-order valence-electron chi connectivity index (χ3n) is 6.26. The molecule has 0 unspecified atom stereocenters. The van der Waals surface area contributed by atoms with Gasteiger partial charge in [-0.05, 0) is 36.1 Å². The Balaban J connectivity index is 1.29. The van der Waals surface area contributed by atoms with Crippen LogP contribution in [0.4, 0.5) is 6.01 Å². The van der Waals surface area contributed by atoms with Crippen LogP contribution in [0, 0.1) is 5.92 Å². The lowest BCUT2D eigenvalue weighted by atomic mass is 9.89. The fraction of sp³-hybridized carbons (Fsp3) is 0.348. The van der Waals surface area contributed by atoms with E-state index in [0.717, 1.165) is 22.2 Å². The molecular weight excluding hydrogens is 380 g/mol. The zero-order valence-electron chi connectivity index (χ0n) is 16.7. The summed E-state index contributed by atoms with van der Waals surface area (Å²) in [7, 11) is 0. The molecule has 3 heterocycles. The van der Waals surface area contributed by atoms with Gasteiger partial charge in [0.15, 0.2) is 5.58 Å². The summed E-state index contributed by atoms with van der Waals surface area (Å²) in [6.45, 7) is 1.82. The Kier molecular flexibility index (Phi) is 4.65. The largest absolute Gasteiger partial charge is 0.423 e. The fourth-order valence-electron chi connectivity index (χ4n) is 4.56. The molecule has 2 N–H and O–H groups in total. The molecule has 30 heavy (non-hydrogen) atoms. The van der Waals surface area contributed by atoms with E-state index in [-0.39, 0.29) is 11.8 Å². The van der Waals surface area contributed by atoms with Gasteiger partial charge in [-0.1, -0.05) is 36.4 Å². The van der Waals surface area contributed by atoms with Gasteiger partial charge < -0.3 is 20.0 Å². The van der Waals surface area contributed by atoms with E-state index in [1.165, 1.54) is 0 Å². The van der Waals surface area contributed by atoms with Gasteiger partial charge in [-0.25, -0.2) is 0 Å². The predicted molar refractivity (Wildman–Crippen MR) is 113 cm³/mol. The highest BCUT2D eigenvalue weighted by Gasteiger charge is 2.37. The molecule has 0 saturated carbocycles. The van der Waals surface area contributed by atoms with E-state index in [9.17, 15) is 9.59 Å². The smallest absolute Gasteiger partial charge is 0.298 e. The van der Waals surface area contributed by atoms with Crippen molar-refractivity contribution in [2.75, 3.05) is 18.0 Å². The lowest BCUT2D eigenvalue weighted by Crippen LogP contribution is -2.53. The molecule has 1 aromatic heterocycles. The Morgan fingerprint density at radius 1 is 1.00 bits per heavy atom. The number of anilines is 1. The lowest BCUT2D eigenvalue weighted by molar-refractivity contribution is -0.144. The van der Waals surface area contributed by atoms with E-state index in [0.29, 0.717) is 44.9 Å². The van der Waals surface area contributed by atoms with E-state index in [4.69, 9.17) is 10.2 Å². The highest BCUT2D eigenvalue weighted by Crippen LogP contribution is 2.30. The summed E-state index contributed by atoms with van der Waals surface area (Å²) in [5.41, 5.74) is 9.44. The predicted octanol–water partition coefficient (Wildman–Crippen LogP) is 2.48. The molecule has 0 radical (unpaired) electrons.